The minimum atomic E-state index is -2.99. The first-order valence-corrected chi connectivity index (χ1v) is 7.58. The van der Waals surface area contributed by atoms with Gasteiger partial charge in [-0.2, -0.15) is 5.10 Å². The van der Waals surface area contributed by atoms with Crippen molar-refractivity contribution in [3.8, 4) is 0 Å². The molecule has 0 aromatic carbocycles. The third-order valence-electron chi connectivity index (χ3n) is 3.49. The Morgan fingerprint density at radius 2 is 2.11 bits per heavy atom. The van der Waals surface area contributed by atoms with Gasteiger partial charge in [-0.1, -0.05) is 0 Å². The summed E-state index contributed by atoms with van der Waals surface area (Å²) in [5, 5.41) is 6.99. The van der Waals surface area contributed by atoms with E-state index in [-0.39, 0.29) is 11.5 Å². The van der Waals surface area contributed by atoms with E-state index in [4.69, 9.17) is 0 Å². The highest BCUT2D eigenvalue weighted by molar-refractivity contribution is 7.91. The monoisotopic (exact) mass is 271 g/mol. The Labute approximate surface area is 106 Å². The summed E-state index contributed by atoms with van der Waals surface area (Å²) in [6, 6.07) is 0. The first kappa shape index (κ1) is 13.1. The number of sulfone groups is 1. The van der Waals surface area contributed by atoms with Gasteiger partial charge < -0.3 is 5.32 Å². The fourth-order valence-corrected chi connectivity index (χ4v) is 4.71. The number of hydrogen-bond acceptors (Lipinski definition) is 4. The van der Waals surface area contributed by atoms with Gasteiger partial charge in [0.25, 0.3) is 0 Å². The van der Waals surface area contributed by atoms with Crippen molar-refractivity contribution in [3.63, 3.8) is 0 Å². The van der Waals surface area contributed by atoms with E-state index in [1.54, 1.807) is 11.6 Å². The zero-order chi connectivity index (χ0) is 13.6. The lowest BCUT2D eigenvalue weighted by atomic mass is 10.0. The van der Waals surface area contributed by atoms with Crippen molar-refractivity contribution >= 4 is 21.9 Å². The number of nitrogens with zero attached hydrogens (tertiary/aromatic N) is 2. The molecule has 1 amide bonds. The summed E-state index contributed by atoms with van der Waals surface area (Å²) >= 11 is 0. The van der Waals surface area contributed by atoms with E-state index in [9.17, 15) is 13.2 Å². The summed E-state index contributed by atoms with van der Waals surface area (Å²) in [5.41, 5.74) is 1.64. The molecule has 7 heteroatoms. The van der Waals surface area contributed by atoms with Gasteiger partial charge in [0.2, 0.25) is 6.41 Å². The molecule has 1 N–H and O–H groups in total. The SMILES string of the molecule is Cc1nn(C2(C)CCS(=O)(=O)C2)c(C)c1NC=O. The van der Waals surface area contributed by atoms with Gasteiger partial charge in [-0.05, 0) is 27.2 Å². The van der Waals surface area contributed by atoms with Crippen LogP contribution < -0.4 is 5.32 Å². The van der Waals surface area contributed by atoms with Crippen LogP contribution in [0.5, 0.6) is 0 Å². The zero-order valence-electron chi connectivity index (χ0n) is 10.7. The van der Waals surface area contributed by atoms with Gasteiger partial charge in [-0.15, -0.1) is 0 Å². The van der Waals surface area contributed by atoms with Crippen LogP contribution in [0.25, 0.3) is 0 Å². The van der Waals surface area contributed by atoms with Crippen LogP contribution in [-0.2, 0) is 20.2 Å². The van der Waals surface area contributed by atoms with Crippen LogP contribution in [-0.4, -0.2) is 36.1 Å². The van der Waals surface area contributed by atoms with Crippen LogP contribution in [0, 0.1) is 13.8 Å². The van der Waals surface area contributed by atoms with Crippen molar-refractivity contribution < 1.29 is 13.2 Å². The van der Waals surface area contributed by atoms with Gasteiger partial charge in [0, 0.05) is 0 Å². The summed E-state index contributed by atoms with van der Waals surface area (Å²) in [6.07, 6.45) is 1.16. The smallest absolute Gasteiger partial charge is 0.211 e. The van der Waals surface area contributed by atoms with Crippen LogP contribution in [0.2, 0.25) is 0 Å². The van der Waals surface area contributed by atoms with E-state index in [2.05, 4.69) is 10.4 Å². The zero-order valence-corrected chi connectivity index (χ0v) is 11.5. The van der Waals surface area contributed by atoms with Crippen LogP contribution in [0.1, 0.15) is 24.7 Å². The second-order valence-electron chi connectivity index (χ2n) is 5.06. The minimum absolute atomic E-state index is 0.0997. The normalized spacial score (nSPS) is 26.2. The third-order valence-corrected chi connectivity index (χ3v) is 5.38. The predicted octanol–water partition coefficient (Wildman–Crippen LogP) is 0.602. The van der Waals surface area contributed by atoms with Crippen molar-refractivity contribution in [1.29, 1.82) is 0 Å². The van der Waals surface area contributed by atoms with Crippen molar-refractivity contribution in [2.75, 3.05) is 16.8 Å². The molecule has 1 unspecified atom stereocenters. The van der Waals surface area contributed by atoms with E-state index in [1.165, 1.54) is 0 Å². The highest BCUT2D eigenvalue weighted by Gasteiger charge is 2.41. The standard InChI is InChI=1S/C11H17N3O3S/c1-8-10(12-7-15)9(2)14(13-8)11(3)4-5-18(16,17)6-11/h7H,4-6H2,1-3H3,(H,12,15). The van der Waals surface area contributed by atoms with Crippen molar-refractivity contribution in [2.24, 2.45) is 0 Å². The second-order valence-corrected chi connectivity index (χ2v) is 7.24. The molecular formula is C11H17N3O3S. The molecule has 1 aliphatic heterocycles. The maximum atomic E-state index is 11.6. The molecular weight excluding hydrogens is 254 g/mol. The molecule has 0 bridgehead atoms. The molecule has 1 aliphatic rings. The Morgan fingerprint density at radius 1 is 1.44 bits per heavy atom. The third kappa shape index (κ3) is 2.03. The molecule has 2 rings (SSSR count). The maximum absolute atomic E-state index is 11.6. The molecule has 1 aromatic rings. The maximum Gasteiger partial charge on any atom is 0.211 e. The molecule has 1 aromatic heterocycles. The number of nitrogens with one attached hydrogen (secondary N) is 1. The Balaban J connectivity index is 2.47. The number of rotatable bonds is 3. The lowest BCUT2D eigenvalue weighted by Gasteiger charge is -2.24. The first-order chi connectivity index (χ1) is 8.29. The molecule has 1 saturated heterocycles. The summed E-state index contributed by atoms with van der Waals surface area (Å²) in [7, 11) is -2.99. The number of amides is 1. The van der Waals surface area contributed by atoms with Crippen LogP contribution in [0.3, 0.4) is 0 Å². The molecule has 1 fully saturated rings. The highest BCUT2D eigenvalue weighted by Crippen LogP contribution is 2.33. The van der Waals surface area contributed by atoms with Gasteiger partial charge in [0.15, 0.2) is 9.84 Å². The van der Waals surface area contributed by atoms with Gasteiger partial charge in [0.1, 0.15) is 0 Å². The quantitative estimate of drug-likeness (QED) is 0.816. The minimum Gasteiger partial charge on any atom is -0.326 e. The Hall–Kier alpha value is -1.37. The molecule has 0 radical (unpaired) electrons. The Bertz CT molecular complexity index is 591. The lowest BCUT2D eigenvalue weighted by Crippen LogP contribution is -2.33. The number of aryl methyl sites for hydroxylation is 1. The molecule has 18 heavy (non-hydrogen) atoms. The predicted molar refractivity (Wildman–Crippen MR) is 68.3 cm³/mol. The number of carbonyl (C=O) groups excluding carboxylic acids is 1. The van der Waals surface area contributed by atoms with E-state index in [0.29, 0.717) is 24.2 Å². The summed E-state index contributed by atoms with van der Waals surface area (Å²) in [5.74, 6) is 0.292. The molecule has 1 atom stereocenters. The Kier molecular flexibility index (Phi) is 2.96. The van der Waals surface area contributed by atoms with E-state index >= 15 is 0 Å². The van der Waals surface area contributed by atoms with Gasteiger partial charge in [-0.25, -0.2) is 8.42 Å². The van der Waals surface area contributed by atoms with Gasteiger partial charge in [-0.3, -0.25) is 9.48 Å². The molecule has 6 nitrogen and oxygen atoms in total. The van der Waals surface area contributed by atoms with Crippen LogP contribution >= 0.6 is 0 Å². The number of aromatic nitrogens is 2. The van der Waals surface area contributed by atoms with Crippen LogP contribution in [0.15, 0.2) is 0 Å². The van der Waals surface area contributed by atoms with Gasteiger partial charge in [0.05, 0.1) is 34.1 Å². The van der Waals surface area contributed by atoms with E-state index < -0.39 is 15.4 Å². The number of carbonyl (C=O) groups is 1. The Morgan fingerprint density at radius 3 is 2.61 bits per heavy atom. The molecule has 0 saturated carbocycles. The fourth-order valence-electron chi connectivity index (χ4n) is 2.60. The average molecular weight is 271 g/mol. The molecule has 0 aliphatic carbocycles. The number of anilines is 1. The first-order valence-electron chi connectivity index (χ1n) is 5.76. The highest BCUT2D eigenvalue weighted by atomic mass is 32.2. The van der Waals surface area contributed by atoms with Crippen molar-refractivity contribution in [1.82, 2.24) is 9.78 Å². The van der Waals surface area contributed by atoms with Crippen LogP contribution in [0.4, 0.5) is 5.69 Å². The molecule has 0 spiro atoms. The molecule has 100 valence electrons. The summed E-state index contributed by atoms with van der Waals surface area (Å²) < 4.78 is 25.0. The second kappa shape index (κ2) is 4.08. The summed E-state index contributed by atoms with van der Waals surface area (Å²) in [4.78, 5) is 10.5. The topological polar surface area (TPSA) is 81.1 Å². The van der Waals surface area contributed by atoms with Crippen molar-refractivity contribution in [2.45, 2.75) is 32.7 Å². The largest absolute Gasteiger partial charge is 0.326 e. The van der Waals surface area contributed by atoms with E-state index in [0.717, 1.165) is 5.69 Å². The number of hydrogen-bond donors (Lipinski definition) is 1. The van der Waals surface area contributed by atoms with Gasteiger partial charge >= 0.3 is 0 Å². The van der Waals surface area contributed by atoms with Crippen molar-refractivity contribution in [3.05, 3.63) is 11.4 Å². The summed E-state index contributed by atoms with van der Waals surface area (Å²) in [6.45, 7) is 5.52. The molecule has 2 heterocycles. The van der Waals surface area contributed by atoms with E-state index in [1.807, 2.05) is 13.8 Å². The lowest BCUT2D eigenvalue weighted by molar-refractivity contribution is -0.105. The fraction of sp³-hybridized carbons (Fsp3) is 0.636. The average Bonchev–Trinajstić information content (AvgIpc) is 2.70.